The summed E-state index contributed by atoms with van der Waals surface area (Å²) in [7, 11) is 0. The van der Waals surface area contributed by atoms with E-state index < -0.39 is 0 Å². The van der Waals surface area contributed by atoms with E-state index in [4.69, 9.17) is 5.26 Å². The fraction of sp³-hybridized carbons (Fsp3) is 0.500. The SMILES string of the molecule is N#CCCCCNCc1sccc1Br. The van der Waals surface area contributed by atoms with Gasteiger partial charge < -0.3 is 5.32 Å². The highest BCUT2D eigenvalue weighted by Gasteiger charge is 1.99. The summed E-state index contributed by atoms with van der Waals surface area (Å²) in [4.78, 5) is 1.34. The van der Waals surface area contributed by atoms with Crippen LogP contribution in [-0.2, 0) is 6.54 Å². The van der Waals surface area contributed by atoms with Gasteiger partial charge in [0.25, 0.3) is 0 Å². The van der Waals surface area contributed by atoms with E-state index in [1.165, 1.54) is 9.35 Å². The first-order valence-electron chi connectivity index (χ1n) is 4.64. The molecule has 2 nitrogen and oxygen atoms in total. The van der Waals surface area contributed by atoms with Crippen molar-refractivity contribution < 1.29 is 0 Å². The van der Waals surface area contributed by atoms with Gasteiger partial charge in [0.15, 0.2) is 0 Å². The number of nitrogens with one attached hydrogen (secondary N) is 1. The smallest absolute Gasteiger partial charge is 0.0621 e. The number of nitrogens with zero attached hydrogens (tertiary/aromatic N) is 1. The third-order valence-corrected chi connectivity index (χ3v) is 3.80. The van der Waals surface area contributed by atoms with Crippen LogP contribution in [0.25, 0.3) is 0 Å². The zero-order chi connectivity index (χ0) is 10.2. The monoisotopic (exact) mass is 272 g/mol. The summed E-state index contributed by atoms with van der Waals surface area (Å²) in [5.74, 6) is 0. The number of hydrogen-bond donors (Lipinski definition) is 1. The van der Waals surface area contributed by atoms with Crippen LogP contribution in [0.4, 0.5) is 0 Å². The van der Waals surface area contributed by atoms with Crippen LogP contribution in [0, 0.1) is 11.3 Å². The fourth-order valence-electron chi connectivity index (χ4n) is 1.11. The van der Waals surface area contributed by atoms with E-state index in [9.17, 15) is 0 Å². The van der Waals surface area contributed by atoms with Crippen LogP contribution in [0.2, 0.25) is 0 Å². The summed E-state index contributed by atoms with van der Waals surface area (Å²) < 4.78 is 1.19. The molecule has 0 bridgehead atoms. The molecule has 0 aliphatic heterocycles. The molecule has 1 heterocycles. The van der Waals surface area contributed by atoms with Gasteiger partial charge in [0.1, 0.15) is 0 Å². The highest BCUT2D eigenvalue weighted by molar-refractivity contribution is 9.10. The number of nitriles is 1. The molecule has 0 amide bonds. The number of rotatable bonds is 6. The van der Waals surface area contributed by atoms with Crippen LogP contribution >= 0.6 is 27.3 Å². The van der Waals surface area contributed by atoms with Crippen molar-refractivity contribution in [1.29, 1.82) is 5.26 Å². The molecule has 0 unspecified atom stereocenters. The highest BCUT2D eigenvalue weighted by atomic mass is 79.9. The Balaban J connectivity index is 2.05. The van der Waals surface area contributed by atoms with Crippen molar-refractivity contribution in [2.24, 2.45) is 0 Å². The molecule has 4 heteroatoms. The molecular formula is C10H13BrN2S. The summed E-state index contributed by atoms with van der Waals surface area (Å²) in [6, 6.07) is 4.21. The molecule has 1 aromatic rings. The van der Waals surface area contributed by atoms with Gasteiger partial charge in [0, 0.05) is 22.3 Å². The van der Waals surface area contributed by atoms with Crippen molar-refractivity contribution in [2.45, 2.75) is 25.8 Å². The summed E-state index contributed by atoms with van der Waals surface area (Å²) in [6.45, 7) is 1.91. The Labute approximate surface area is 97.1 Å². The zero-order valence-electron chi connectivity index (χ0n) is 7.92. The molecule has 0 atom stereocenters. The Morgan fingerprint density at radius 2 is 2.36 bits per heavy atom. The average Bonchev–Trinajstić information content (AvgIpc) is 2.58. The second kappa shape index (κ2) is 6.99. The lowest BCUT2D eigenvalue weighted by Gasteiger charge is -2.01. The van der Waals surface area contributed by atoms with Gasteiger partial charge >= 0.3 is 0 Å². The summed E-state index contributed by atoms with van der Waals surface area (Å²) in [6.07, 6.45) is 2.75. The van der Waals surface area contributed by atoms with Crippen LogP contribution in [0.1, 0.15) is 24.1 Å². The maximum atomic E-state index is 8.33. The van der Waals surface area contributed by atoms with Crippen LogP contribution in [0.5, 0.6) is 0 Å². The maximum Gasteiger partial charge on any atom is 0.0621 e. The molecule has 0 saturated heterocycles. The Morgan fingerprint density at radius 3 is 3.00 bits per heavy atom. The highest BCUT2D eigenvalue weighted by Crippen LogP contribution is 2.21. The van der Waals surface area contributed by atoms with Crippen LogP contribution in [-0.4, -0.2) is 6.54 Å². The normalized spacial score (nSPS) is 10.0. The topological polar surface area (TPSA) is 35.8 Å². The van der Waals surface area contributed by atoms with Crippen molar-refractivity contribution >= 4 is 27.3 Å². The zero-order valence-corrected chi connectivity index (χ0v) is 10.3. The van der Waals surface area contributed by atoms with Gasteiger partial charge in [-0.1, -0.05) is 0 Å². The largest absolute Gasteiger partial charge is 0.312 e. The molecule has 14 heavy (non-hydrogen) atoms. The Kier molecular flexibility index (Phi) is 5.85. The van der Waals surface area contributed by atoms with E-state index >= 15 is 0 Å². The molecule has 0 aliphatic carbocycles. The van der Waals surface area contributed by atoms with Crippen molar-refractivity contribution in [2.75, 3.05) is 6.54 Å². The minimum absolute atomic E-state index is 0.671. The van der Waals surface area contributed by atoms with E-state index in [0.717, 1.165) is 25.9 Å². The molecule has 1 aromatic heterocycles. The van der Waals surface area contributed by atoms with Crippen molar-refractivity contribution in [3.63, 3.8) is 0 Å². The maximum absolute atomic E-state index is 8.33. The summed E-state index contributed by atoms with van der Waals surface area (Å²) in [5.41, 5.74) is 0. The second-order valence-corrected chi connectivity index (χ2v) is 4.84. The van der Waals surface area contributed by atoms with Gasteiger partial charge in [-0.25, -0.2) is 0 Å². The van der Waals surface area contributed by atoms with Crippen molar-refractivity contribution in [3.8, 4) is 6.07 Å². The third-order valence-electron chi connectivity index (χ3n) is 1.87. The minimum atomic E-state index is 0.671. The van der Waals surface area contributed by atoms with Crippen molar-refractivity contribution in [1.82, 2.24) is 5.32 Å². The molecule has 0 aromatic carbocycles. The molecule has 0 fully saturated rings. The quantitative estimate of drug-likeness (QED) is 0.807. The molecule has 0 spiro atoms. The minimum Gasteiger partial charge on any atom is -0.312 e. The molecule has 76 valence electrons. The predicted molar refractivity (Wildman–Crippen MR) is 63.2 cm³/mol. The molecule has 1 N–H and O–H groups in total. The summed E-state index contributed by atoms with van der Waals surface area (Å²) in [5, 5.41) is 13.8. The second-order valence-electron chi connectivity index (χ2n) is 2.98. The first-order chi connectivity index (χ1) is 6.84. The van der Waals surface area contributed by atoms with E-state index in [1.807, 2.05) is 0 Å². The van der Waals surface area contributed by atoms with Gasteiger partial charge in [-0.05, 0) is 46.8 Å². The van der Waals surface area contributed by atoms with Gasteiger partial charge in [-0.3, -0.25) is 0 Å². The Bertz CT molecular complexity index is 303. The van der Waals surface area contributed by atoms with Gasteiger partial charge in [0.2, 0.25) is 0 Å². The Morgan fingerprint density at radius 1 is 1.50 bits per heavy atom. The first-order valence-corrected chi connectivity index (χ1v) is 6.31. The average molecular weight is 273 g/mol. The number of halogens is 1. The molecule has 0 aliphatic rings. The van der Waals surface area contributed by atoms with E-state index in [1.54, 1.807) is 11.3 Å². The predicted octanol–water partition coefficient (Wildman–Crippen LogP) is 3.29. The first kappa shape index (κ1) is 11.7. The van der Waals surface area contributed by atoms with E-state index in [-0.39, 0.29) is 0 Å². The van der Waals surface area contributed by atoms with Crippen LogP contribution < -0.4 is 5.32 Å². The fourth-order valence-corrected chi connectivity index (χ4v) is 2.57. The van der Waals surface area contributed by atoms with Crippen LogP contribution in [0.15, 0.2) is 15.9 Å². The molecule has 1 rings (SSSR count). The number of thiophene rings is 1. The molecule has 0 radical (unpaired) electrons. The number of unbranched alkanes of at least 4 members (excludes halogenated alkanes) is 2. The van der Waals surface area contributed by atoms with E-state index in [0.29, 0.717) is 6.42 Å². The lowest BCUT2D eigenvalue weighted by Crippen LogP contribution is -2.13. The van der Waals surface area contributed by atoms with Gasteiger partial charge in [-0.15, -0.1) is 11.3 Å². The summed E-state index contributed by atoms with van der Waals surface area (Å²) >= 11 is 5.24. The van der Waals surface area contributed by atoms with Gasteiger partial charge in [-0.2, -0.15) is 5.26 Å². The number of hydrogen-bond acceptors (Lipinski definition) is 3. The standard InChI is InChI=1S/C10H13BrN2S/c11-9-4-7-14-10(9)8-13-6-3-1-2-5-12/h4,7,13H,1-3,6,8H2. The van der Waals surface area contributed by atoms with E-state index in [2.05, 4.69) is 38.8 Å². The Hall–Kier alpha value is -0.370. The molecule has 0 saturated carbocycles. The van der Waals surface area contributed by atoms with Crippen molar-refractivity contribution in [3.05, 3.63) is 20.8 Å². The molecular weight excluding hydrogens is 260 g/mol. The third kappa shape index (κ3) is 4.23. The lowest BCUT2D eigenvalue weighted by atomic mass is 10.2. The van der Waals surface area contributed by atoms with Crippen LogP contribution in [0.3, 0.4) is 0 Å². The van der Waals surface area contributed by atoms with Gasteiger partial charge in [0.05, 0.1) is 6.07 Å². The lowest BCUT2D eigenvalue weighted by molar-refractivity contribution is 0.632.